The first-order chi connectivity index (χ1) is 9.31. The minimum Gasteiger partial charge on any atom is -0.309 e. The van der Waals surface area contributed by atoms with Gasteiger partial charge in [-0.1, -0.05) is 13.8 Å². The van der Waals surface area contributed by atoms with Crippen molar-refractivity contribution in [3.8, 4) is 0 Å². The number of nitrogens with zero attached hydrogens (tertiary/aromatic N) is 1. The molecule has 20 heavy (non-hydrogen) atoms. The first-order valence-corrected chi connectivity index (χ1v) is 7.16. The molecule has 0 spiro atoms. The quantitative estimate of drug-likeness (QED) is 0.823. The molecule has 1 rings (SSSR count). The van der Waals surface area contributed by atoms with Crippen LogP contribution in [-0.2, 0) is 0 Å². The number of likely N-dealkylation sites (N-methyl/N-ethyl adjacent to an activating group) is 1. The molecule has 0 aliphatic rings. The Hall–Kier alpha value is -1.00. The molecular formula is C16H26F2N2. The van der Waals surface area contributed by atoms with Crippen molar-refractivity contribution in [3.63, 3.8) is 0 Å². The lowest BCUT2D eigenvalue weighted by Crippen LogP contribution is -2.39. The molecule has 0 fully saturated rings. The van der Waals surface area contributed by atoms with Gasteiger partial charge in [0.1, 0.15) is 11.6 Å². The zero-order valence-corrected chi connectivity index (χ0v) is 13.1. The SMILES string of the molecule is CC(C)CC(CNC(C)c1cc(F)ccc1F)N(C)C. The van der Waals surface area contributed by atoms with Crippen LogP contribution in [0.15, 0.2) is 18.2 Å². The Labute approximate surface area is 121 Å². The summed E-state index contributed by atoms with van der Waals surface area (Å²) in [5, 5.41) is 3.31. The van der Waals surface area contributed by atoms with E-state index < -0.39 is 5.82 Å². The predicted molar refractivity (Wildman–Crippen MR) is 79.7 cm³/mol. The maximum atomic E-state index is 13.7. The number of benzene rings is 1. The summed E-state index contributed by atoms with van der Waals surface area (Å²) < 4.78 is 26.9. The van der Waals surface area contributed by atoms with Gasteiger partial charge in [0.25, 0.3) is 0 Å². The smallest absolute Gasteiger partial charge is 0.128 e. The van der Waals surface area contributed by atoms with E-state index in [-0.39, 0.29) is 11.9 Å². The van der Waals surface area contributed by atoms with Crippen molar-refractivity contribution in [2.45, 2.75) is 39.3 Å². The molecule has 0 bridgehead atoms. The van der Waals surface area contributed by atoms with Crippen molar-refractivity contribution in [2.75, 3.05) is 20.6 Å². The van der Waals surface area contributed by atoms with Crippen LogP contribution in [0.2, 0.25) is 0 Å². The normalized spacial score (nSPS) is 14.8. The van der Waals surface area contributed by atoms with Gasteiger partial charge < -0.3 is 10.2 Å². The third-order valence-electron chi connectivity index (χ3n) is 3.56. The minimum absolute atomic E-state index is 0.208. The summed E-state index contributed by atoms with van der Waals surface area (Å²) in [6, 6.07) is 3.77. The van der Waals surface area contributed by atoms with Crippen molar-refractivity contribution in [1.82, 2.24) is 10.2 Å². The highest BCUT2D eigenvalue weighted by molar-refractivity contribution is 5.21. The predicted octanol–water partition coefficient (Wildman–Crippen LogP) is 3.59. The molecule has 1 aromatic carbocycles. The molecule has 0 saturated carbocycles. The molecule has 114 valence electrons. The zero-order valence-electron chi connectivity index (χ0n) is 13.1. The molecule has 2 atom stereocenters. The van der Waals surface area contributed by atoms with Crippen molar-refractivity contribution < 1.29 is 8.78 Å². The molecule has 0 saturated heterocycles. The van der Waals surface area contributed by atoms with Gasteiger partial charge in [0.2, 0.25) is 0 Å². The van der Waals surface area contributed by atoms with Crippen LogP contribution in [-0.4, -0.2) is 31.6 Å². The first-order valence-electron chi connectivity index (χ1n) is 7.16. The fourth-order valence-electron chi connectivity index (χ4n) is 2.29. The molecule has 0 aliphatic heterocycles. The lowest BCUT2D eigenvalue weighted by Gasteiger charge is -2.28. The summed E-state index contributed by atoms with van der Waals surface area (Å²) >= 11 is 0. The van der Waals surface area contributed by atoms with Crippen LogP contribution >= 0.6 is 0 Å². The molecule has 1 aromatic rings. The molecule has 2 unspecified atom stereocenters. The molecule has 4 heteroatoms. The van der Waals surface area contributed by atoms with E-state index in [1.165, 1.54) is 12.1 Å². The van der Waals surface area contributed by atoms with Crippen molar-refractivity contribution in [3.05, 3.63) is 35.4 Å². The maximum Gasteiger partial charge on any atom is 0.128 e. The number of hydrogen-bond donors (Lipinski definition) is 1. The van der Waals surface area contributed by atoms with E-state index in [1.54, 1.807) is 0 Å². The second kappa shape index (κ2) is 7.70. The Morgan fingerprint density at radius 1 is 1.15 bits per heavy atom. The second-order valence-corrected chi connectivity index (χ2v) is 6.04. The summed E-state index contributed by atoms with van der Waals surface area (Å²) in [6.07, 6.45) is 1.07. The average molecular weight is 284 g/mol. The highest BCUT2D eigenvalue weighted by Crippen LogP contribution is 2.18. The van der Waals surface area contributed by atoms with Gasteiger partial charge in [-0.05, 0) is 51.6 Å². The summed E-state index contributed by atoms with van der Waals surface area (Å²) in [6.45, 7) is 6.99. The van der Waals surface area contributed by atoms with Crippen LogP contribution < -0.4 is 5.32 Å². The van der Waals surface area contributed by atoms with Gasteiger partial charge in [0.15, 0.2) is 0 Å². The maximum absolute atomic E-state index is 13.7. The number of hydrogen-bond acceptors (Lipinski definition) is 2. The van der Waals surface area contributed by atoms with E-state index in [0.717, 1.165) is 19.0 Å². The number of rotatable bonds is 7. The second-order valence-electron chi connectivity index (χ2n) is 6.04. The van der Waals surface area contributed by atoms with E-state index in [1.807, 2.05) is 21.0 Å². The third kappa shape index (κ3) is 5.17. The number of nitrogens with one attached hydrogen (secondary N) is 1. The first kappa shape index (κ1) is 17.1. The Balaban J connectivity index is 2.65. The van der Waals surface area contributed by atoms with E-state index in [4.69, 9.17) is 0 Å². The standard InChI is InChI=1S/C16H26F2N2/c1-11(2)8-14(20(4)5)10-19-12(3)15-9-13(17)6-7-16(15)18/h6-7,9,11-12,14,19H,8,10H2,1-5H3. The van der Waals surface area contributed by atoms with Crippen molar-refractivity contribution in [2.24, 2.45) is 5.92 Å². The Morgan fingerprint density at radius 3 is 2.35 bits per heavy atom. The van der Waals surface area contributed by atoms with Crippen molar-refractivity contribution >= 4 is 0 Å². The van der Waals surface area contributed by atoms with Gasteiger partial charge in [-0.25, -0.2) is 8.78 Å². The van der Waals surface area contributed by atoms with Crippen LogP contribution in [0.1, 0.15) is 38.8 Å². The molecule has 0 amide bonds. The molecule has 0 heterocycles. The lowest BCUT2D eigenvalue weighted by atomic mass is 10.0. The van der Waals surface area contributed by atoms with Crippen LogP contribution in [0.3, 0.4) is 0 Å². The van der Waals surface area contributed by atoms with Crippen LogP contribution in [0.5, 0.6) is 0 Å². The highest BCUT2D eigenvalue weighted by Gasteiger charge is 2.16. The fourth-order valence-corrected chi connectivity index (χ4v) is 2.29. The summed E-state index contributed by atoms with van der Waals surface area (Å²) in [7, 11) is 4.09. The molecular weight excluding hydrogens is 258 g/mol. The topological polar surface area (TPSA) is 15.3 Å². The minimum atomic E-state index is -0.401. The highest BCUT2D eigenvalue weighted by atomic mass is 19.1. The Bertz CT molecular complexity index is 419. The van der Waals surface area contributed by atoms with E-state index in [2.05, 4.69) is 24.1 Å². The van der Waals surface area contributed by atoms with Gasteiger partial charge in [-0.15, -0.1) is 0 Å². The van der Waals surface area contributed by atoms with Gasteiger partial charge in [0, 0.05) is 24.2 Å². The third-order valence-corrected chi connectivity index (χ3v) is 3.56. The molecule has 0 aromatic heterocycles. The van der Waals surface area contributed by atoms with Gasteiger partial charge >= 0.3 is 0 Å². The number of halogens is 2. The van der Waals surface area contributed by atoms with Crippen LogP contribution in [0.25, 0.3) is 0 Å². The lowest BCUT2D eigenvalue weighted by molar-refractivity contribution is 0.241. The van der Waals surface area contributed by atoms with Crippen molar-refractivity contribution in [1.29, 1.82) is 0 Å². The zero-order chi connectivity index (χ0) is 15.3. The van der Waals surface area contributed by atoms with E-state index in [9.17, 15) is 8.78 Å². The van der Waals surface area contributed by atoms with Crippen LogP contribution in [0, 0.1) is 17.6 Å². The molecule has 1 N–H and O–H groups in total. The van der Waals surface area contributed by atoms with Gasteiger partial charge in [-0.3, -0.25) is 0 Å². The van der Waals surface area contributed by atoms with Gasteiger partial charge in [0.05, 0.1) is 0 Å². The average Bonchev–Trinajstić information content (AvgIpc) is 2.36. The molecule has 0 radical (unpaired) electrons. The Kier molecular flexibility index (Phi) is 6.56. The molecule has 2 nitrogen and oxygen atoms in total. The van der Waals surface area contributed by atoms with E-state index in [0.29, 0.717) is 17.5 Å². The largest absolute Gasteiger partial charge is 0.309 e. The monoisotopic (exact) mass is 284 g/mol. The summed E-state index contributed by atoms with van der Waals surface area (Å²) in [4.78, 5) is 2.17. The summed E-state index contributed by atoms with van der Waals surface area (Å²) in [5.41, 5.74) is 0.382. The fraction of sp³-hybridized carbons (Fsp3) is 0.625. The van der Waals surface area contributed by atoms with E-state index >= 15 is 0 Å². The summed E-state index contributed by atoms with van der Waals surface area (Å²) in [5.74, 6) is -0.163. The van der Waals surface area contributed by atoms with Crippen LogP contribution in [0.4, 0.5) is 8.78 Å². The van der Waals surface area contributed by atoms with Gasteiger partial charge in [-0.2, -0.15) is 0 Å². The Morgan fingerprint density at radius 2 is 1.80 bits per heavy atom. The molecule has 0 aliphatic carbocycles.